The Labute approximate surface area is 297 Å². The van der Waals surface area contributed by atoms with Crippen molar-refractivity contribution in [3.63, 3.8) is 0 Å². The fourth-order valence-electron chi connectivity index (χ4n) is 6.98. The van der Waals surface area contributed by atoms with Gasteiger partial charge in [-0.15, -0.1) is 11.8 Å². The molecule has 3 aromatic rings. The van der Waals surface area contributed by atoms with Crippen molar-refractivity contribution in [3.8, 4) is 0 Å². The van der Waals surface area contributed by atoms with Crippen molar-refractivity contribution in [2.45, 2.75) is 110 Å². The van der Waals surface area contributed by atoms with Gasteiger partial charge in [0.2, 0.25) is 0 Å². The van der Waals surface area contributed by atoms with Crippen molar-refractivity contribution in [3.05, 3.63) is 119 Å². The number of allylic oxidation sites excluding steroid dienone is 2. The Morgan fingerprint density at radius 3 is 1.92 bits per heavy atom. The third kappa shape index (κ3) is 10.9. The van der Waals surface area contributed by atoms with Crippen LogP contribution in [0.25, 0.3) is 0 Å². The van der Waals surface area contributed by atoms with Crippen LogP contribution in [-0.2, 0) is 48.3 Å². The van der Waals surface area contributed by atoms with Crippen LogP contribution in [0.5, 0.6) is 0 Å². The van der Waals surface area contributed by atoms with Crippen molar-refractivity contribution in [1.82, 2.24) is 0 Å². The van der Waals surface area contributed by atoms with Gasteiger partial charge in [0.25, 0.3) is 0 Å². The number of hydrogen-bond donors (Lipinski definition) is 0. The van der Waals surface area contributed by atoms with Crippen LogP contribution in [0.1, 0.15) is 70.6 Å². The van der Waals surface area contributed by atoms with Gasteiger partial charge in [0.15, 0.2) is 12.1 Å². The van der Waals surface area contributed by atoms with Crippen LogP contribution in [0, 0.1) is 17.8 Å². The smallest absolute Gasteiger partial charge is 0.173 e. The first-order chi connectivity index (χ1) is 23.8. The highest BCUT2D eigenvalue weighted by Crippen LogP contribution is 2.42. The minimum atomic E-state index is -0.640. The average Bonchev–Trinajstić information content (AvgIpc) is 3.11. The van der Waals surface area contributed by atoms with Gasteiger partial charge in [0.1, 0.15) is 18.3 Å². The summed E-state index contributed by atoms with van der Waals surface area (Å²) < 4.78 is 34.2. The van der Waals surface area contributed by atoms with Gasteiger partial charge in [-0.2, -0.15) is 0 Å². The van der Waals surface area contributed by atoms with E-state index in [1.165, 1.54) is 18.2 Å². The molecule has 1 heterocycles. The summed E-state index contributed by atoms with van der Waals surface area (Å²) in [6.45, 7) is 11.9. The molecule has 49 heavy (non-hydrogen) atoms. The molecular weight excluding hydrogens is 633 g/mol. The number of thioether (sulfide) groups is 1. The Balaban J connectivity index is 1.51. The quantitative estimate of drug-likeness (QED) is 0.139. The summed E-state index contributed by atoms with van der Waals surface area (Å²) >= 11 is 1.49. The lowest BCUT2D eigenvalue weighted by Crippen LogP contribution is -2.61. The van der Waals surface area contributed by atoms with Gasteiger partial charge >= 0.3 is 0 Å². The number of Topliss-reactive ketones (excluding diaryl/α,β-unsaturated/α-hetero) is 1. The summed E-state index contributed by atoms with van der Waals surface area (Å²) in [6.07, 6.45) is 3.15. The zero-order valence-electron chi connectivity index (χ0n) is 29.7. The van der Waals surface area contributed by atoms with Gasteiger partial charge in [-0.05, 0) is 61.1 Å². The highest BCUT2D eigenvalue weighted by atomic mass is 32.2. The van der Waals surface area contributed by atoms with E-state index in [2.05, 4.69) is 57.2 Å². The Morgan fingerprint density at radius 2 is 1.39 bits per heavy atom. The van der Waals surface area contributed by atoms with Crippen molar-refractivity contribution in [2.24, 2.45) is 17.8 Å². The molecule has 8 atom stereocenters. The van der Waals surface area contributed by atoms with E-state index in [1.54, 1.807) is 6.92 Å². The van der Waals surface area contributed by atoms with E-state index in [0.29, 0.717) is 49.1 Å². The lowest BCUT2D eigenvalue weighted by Gasteiger charge is -2.48. The molecule has 1 aliphatic heterocycles. The summed E-state index contributed by atoms with van der Waals surface area (Å²) in [4.78, 5) is 13.5. The fourth-order valence-corrected chi connectivity index (χ4v) is 8.19. The monoisotopic (exact) mass is 686 g/mol. The average molecular weight is 687 g/mol. The van der Waals surface area contributed by atoms with Crippen molar-refractivity contribution in [1.29, 1.82) is 0 Å². The summed E-state index contributed by atoms with van der Waals surface area (Å²) in [6, 6.07) is 30.5. The third-order valence-corrected chi connectivity index (χ3v) is 11.2. The van der Waals surface area contributed by atoms with E-state index in [9.17, 15) is 4.79 Å². The number of ether oxygens (including phenoxy) is 5. The molecule has 0 amide bonds. The van der Waals surface area contributed by atoms with Crippen LogP contribution < -0.4 is 0 Å². The van der Waals surface area contributed by atoms with Crippen molar-refractivity contribution < 1.29 is 28.5 Å². The molecule has 2 fully saturated rings. The first kappa shape index (κ1) is 37.5. The van der Waals surface area contributed by atoms with Gasteiger partial charge in [0, 0.05) is 4.91 Å². The molecule has 6 nitrogen and oxygen atoms in total. The van der Waals surface area contributed by atoms with E-state index in [1.807, 2.05) is 67.6 Å². The maximum Gasteiger partial charge on any atom is 0.173 e. The molecule has 2 aliphatic rings. The number of hydrogen-bond acceptors (Lipinski definition) is 7. The molecule has 3 aromatic carbocycles. The molecule has 0 radical (unpaired) electrons. The highest BCUT2D eigenvalue weighted by Gasteiger charge is 2.50. The maximum absolute atomic E-state index is 12.9. The van der Waals surface area contributed by atoms with Crippen molar-refractivity contribution >= 4 is 17.5 Å². The highest BCUT2D eigenvalue weighted by molar-refractivity contribution is 8.04. The molecule has 0 aromatic heterocycles. The van der Waals surface area contributed by atoms with Crippen LogP contribution in [0.4, 0.5) is 0 Å². The number of carbonyl (C=O) groups excluding carboxylic acids is 1. The maximum atomic E-state index is 12.9. The molecule has 264 valence electrons. The SMILES string of the molecule is C/C=C(\S[C@H]1[C@H](O[C@@H]2C[C@H](C)CC[C@H]2C(C)C)O[C@H](COCc2ccccc2)[C@@H](OCc2ccccc2)[C@@H]1OCc1ccccc1)C(C)=O. The molecule has 1 saturated heterocycles. The first-order valence-electron chi connectivity index (χ1n) is 17.9. The summed E-state index contributed by atoms with van der Waals surface area (Å²) in [5, 5.41) is -0.366. The molecule has 0 bridgehead atoms. The van der Waals surface area contributed by atoms with Gasteiger partial charge < -0.3 is 23.7 Å². The van der Waals surface area contributed by atoms with Gasteiger partial charge in [-0.3, -0.25) is 4.79 Å². The summed E-state index contributed by atoms with van der Waals surface area (Å²) in [5.41, 5.74) is 3.21. The molecule has 0 unspecified atom stereocenters. The van der Waals surface area contributed by atoms with E-state index in [0.717, 1.165) is 29.5 Å². The second-order valence-corrected chi connectivity index (χ2v) is 15.1. The molecule has 0 N–H and O–H groups in total. The predicted molar refractivity (Wildman–Crippen MR) is 197 cm³/mol. The number of benzene rings is 3. The van der Waals surface area contributed by atoms with Crippen LogP contribution in [0.2, 0.25) is 0 Å². The Morgan fingerprint density at radius 1 is 0.837 bits per heavy atom. The fraction of sp³-hybridized carbons (Fsp3) is 0.500. The molecular formula is C42H54O6S. The Hall–Kier alpha value is -2.78. The minimum Gasteiger partial charge on any atom is -0.374 e. The minimum absolute atomic E-state index is 0.00877. The second-order valence-electron chi connectivity index (χ2n) is 13.9. The zero-order chi connectivity index (χ0) is 34.6. The van der Waals surface area contributed by atoms with E-state index < -0.39 is 24.6 Å². The lowest BCUT2D eigenvalue weighted by molar-refractivity contribution is -0.291. The van der Waals surface area contributed by atoms with Gasteiger partial charge in [0.05, 0.1) is 37.8 Å². The summed E-state index contributed by atoms with van der Waals surface area (Å²) in [7, 11) is 0. The van der Waals surface area contributed by atoms with Crippen LogP contribution in [0.3, 0.4) is 0 Å². The van der Waals surface area contributed by atoms with Crippen LogP contribution in [0.15, 0.2) is 102 Å². The number of rotatable bonds is 16. The molecule has 0 spiro atoms. The molecule has 1 aliphatic carbocycles. The topological polar surface area (TPSA) is 63.2 Å². The lowest BCUT2D eigenvalue weighted by atomic mass is 9.75. The summed E-state index contributed by atoms with van der Waals surface area (Å²) in [5.74, 6) is 1.47. The predicted octanol–water partition coefficient (Wildman–Crippen LogP) is 9.17. The zero-order valence-corrected chi connectivity index (χ0v) is 30.6. The molecule has 7 heteroatoms. The Kier molecular flexibility index (Phi) is 14.5. The van der Waals surface area contributed by atoms with E-state index >= 15 is 0 Å². The van der Waals surface area contributed by atoms with Gasteiger partial charge in [-0.25, -0.2) is 0 Å². The molecule has 1 saturated carbocycles. The van der Waals surface area contributed by atoms with Crippen molar-refractivity contribution in [2.75, 3.05) is 6.61 Å². The first-order valence-corrected chi connectivity index (χ1v) is 18.8. The van der Waals surface area contributed by atoms with E-state index in [4.69, 9.17) is 23.7 Å². The standard InChI is InChI=1S/C42H54O6S/c1-6-38(31(5)43)49-41-40(46-27-34-20-14-9-15-21-34)39(45-26-33-18-12-8-13-19-33)37(28-44-25-32-16-10-7-11-17-32)48-42(41)47-36-24-30(4)22-23-35(36)29(2)3/h6-21,29-30,35-37,39-42H,22-28H2,1-5H3/b38-6-/t30-,35+,36-,37-,39-,40+,41-,42-/m1/s1. The third-order valence-electron chi connectivity index (χ3n) is 9.70. The Bertz CT molecular complexity index is 1430. The van der Waals surface area contributed by atoms with E-state index in [-0.39, 0.29) is 17.1 Å². The normalized spacial score (nSPS) is 27.7. The number of carbonyl (C=O) groups is 1. The van der Waals surface area contributed by atoms with Gasteiger partial charge in [-0.1, -0.05) is 124 Å². The second kappa shape index (κ2) is 19.0. The van der Waals surface area contributed by atoms with Crippen LogP contribution >= 0.6 is 11.8 Å². The molecule has 5 rings (SSSR count). The van der Waals surface area contributed by atoms with Crippen LogP contribution in [-0.4, -0.2) is 48.3 Å². The number of ketones is 1. The largest absolute Gasteiger partial charge is 0.374 e.